The van der Waals surface area contributed by atoms with E-state index in [2.05, 4.69) is 10.3 Å². The molecule has 0 spiro atoms. The number of pyridine rings is 1. The van der Waals surface area contributed by atoms with Crippen LogP contribution in [0.2, 0.25) is 0 Å². The molecular formula is C11H11N5O2. The van der Waals surface area contributed by atoms with Crippen molar-refractivity contribution in [2.24, 2.45) is 0 Å². The normalized spacial score (nSPS) is 16.1. The number of carbonyl (C=O) groups is 2. The predicted octanol–water partition coefficient (Wildman–Crippen LogP) is 0.363. The zero-order chi connectivity index (χ0) is 12.7. The molecule has 3 amide bonds. The number of imide groups is 1. The highest BCUT2D eigenvalue weighted by Crippen LogP contribution is 2.20. The lowest BCUT2D eigenvalue weighted by molar-refractivity contribution is -0.120. The third-order valence-corrected chi connectivity index (χ3v) is 2.83. The number of nitrogens with zero attached hydrogens (tertiary/aromatic N) is 3. The number of imidazole rings is 1. The summed E-state index contributed by atoms with van der Waals surface area (Å²) in [6.07, 6.45) is 3.78. The van der Waals surface area contributed by atoms with Crippen molar-refractivity contribution in [1.82, 2.24) is 14.7 Å². The van der Waals surface area contributed by atoms with E-state index in [4.69, 9.17) is 5.73 Å². The van der Waals surface area contributed by atoms with Crippen LogP contribution in [0.15, 0.2) is 24.5 Å². The Kier molecular flexibility index (Phi) is 2.19. The maximum absolute atomic E-state index is 11.7. The van der Waals surface area contributed by atoms with Gasteiger partial charge in [-0.3, -0.25) is 15.0 Å². The Labute approximate surface area is 102 Å². The van der Waals surface area contributed by atoms with E-state index in [1.165, 1.54) is 4.90 Å². The van der Waals surface area contributed by atoms with Gasteiger partial charge in [-0.1, -0.05) is 0 Å². The molecule has 2 aromatic heterocycles. The fourth-order valence-corrected chi connectivity index (χ4v) is 1.93. The molecule has 0 aliphatic carbocycles. The highest BCUT2D eigenvalue weighted by Gasteiger charge is 2.26. The molecule has 1 saturated heterocycles. The van der Waals surface area contributed by atoms with Gasteiger partial charge in [-0.15, -0.1) is 0 Å². The van der Waals surface area contributed by atoms with Crippen LogP contribution in [0.3, 0.4) is 0 Å². The summed E-state index contributed by atoms with van der Waals surface area (Å²) >= 11 is 0. The van der Waals surface area contributed by atoms with Crippen LogP contribution in [0, 0.1) is 0 Å². The van der Waals surface area contributed by atoms with E-state index in [9.17, 15) is 9.59 Å². The molecular weight excluding hydrogens is 234 g/mol. The van der Waals surface area contributed by atoms with E-state index < -0.39 is 6.03 Å². The average Bonchev–Trinajstić information content (AvgIpc) is 2.74. The van der Waals surface area contributed by atoms with Crippen molar-refractivity contribution in [3.63, 3.8) is 0 Å². The largest absolute Gasteiger partial charge is 0.396 e. The number of nitrogens with two attached hydrogens (primary N) is 1. The fourth-order valence-electron chi connectivity index (χ4n) is 1.93. The van der Waals surface area contributed by atoms with Crippen LogP contribution >= 0.6 is 0 Å². The molecule has 0 unspecified atom stereocenters. The molecule has 7 heteroatoms. The minimum Gasteiger partial charge on any atom is -0.396 e. The molecule has 1 fully saturated rings. The third kappa shape index (κ3) is 1.56. The number of anilines is 2. The summed E-state index contributed by atoms with van der Waals surface area (Å²) in [7, 11) is 0. The first-order valence-electron chi connectivity index (χ1n) is 5.50. The molecule has 0 saturated carbocycles. The van der Waals surface area contributed by atoms with Crippen LogP contribution in [0.5, 0.6) is 0 Å². The van der Waals surface area contributed by atoms with Crippen LogP contribution in [-0.4, -0.2) is 27.9 Å². The number of aromatic nitrogens is 2. The number of hydrogen-bond acceptors (Lipinski definition) is 4. The van der Waals surface area contributed by atoms with E-state index >= 15 is 0 Å². The van der Waals surface area contributed by atoms with Gasteiger partial charge in [0.25, 0.3) is 0 Å². The fraction of sp³-hybridized carbons (Fsp3) is 0.182. The Morgan fingerprint density at radius 2 is 2.22 bits per heavy atom. The van der Waals surface area contributed by atoms with Gasteiger partial charge in [0, 0.05) is 19.2 Å². The average molecular weight is 245 g/mol. The molecule has 0 bridgehead atoms. The lowest BCUT2D eigenvalue weighted by Crippen LogP contribution is -2.49. The zero-order valence-electron chi connectivity index (χ0n) is 9.46. The van der Waals surface area contributed by atoms with E-state index in [0.29, 0.717) is 23.7 Å². The number of hydrogen-bond donors (Lipinski definition) is 2. The molecule has 2 aromatic rings. The van der Waals surface area contributed by atoms with Crippen molar-refractivity contribution < 1.29 is 9.59 Å². The molecule has 0 atom stereocenters. The molecule has 92 valence electrons. The van der Waals surface area contributed by atoms with Gasteiger partial charge in [-0.05, 0) is 12.1 Å². The minimum absolute atomic E-state index is 0.264. The molecule has 3 rings (SSSR count). The van der Waals surface area contributed by atoms with Gasteiger partial charge < -0.3 is 10.1 Å². The summed E-state index contributed by atoms with van der Waals surface area (Å²) in [5, 5.41) is 2.25. The summed E-state index contributed by atoms with van der Waals surface area (Å²) in [6.45, 7) is 0.328. The van der Waals surface area contributed by atoms with Crippen molar-refractivity contribution >= 4 is 29.1 Å². The topological polar surface area (TPSA) is 92.7 Å². The molecule has 0 radical (unpaired) electrons. The van der Waals surface area contributed by atoms with E-state index in [1.54, 1.807) is 28.9 Å². The number of nitrogens with one attached hydrogen (secondary N) is 1. The van der Waals surface area contributed by atoms with Gasteiger partial charge in [0.2, 0.25) is 5.91 Å². The predicted molar refractivity (Wildman–Crippen MR) is 65.1 cm³/mol. The summed E-state index contributed by atoms with van der Waals surface area (Å²) < 4.78 is 1.74. The second kappa shape index (κ2) is 3.73. The number of amides is 3. The van der Waals surface area contributed by atoms with Gasteiger partial charge in [0.05, 0.1) is 11.9 Å². The van der Waals surface area contributed by atoms with E-state index in [1.807, 2.05) is 0 Å². The lowest BCUT2D eigenvalue weighted by Gasteiger charge is -2.24. The first-order chi connectivity index (χ1) is 8.65. The molecule has 18 heavy (non-hydrogen) atoms. The maximum Gasteiger partial charge on any atom is 0.329 e. The molecule has 0 aromatic carbocycles. The number of urea groups is 1. The molecule has 1 aliphatic heterocycles. The Morgan fingerprint density at radius 3 is 2.94 bits per heavy atom. The van der Waals surface area contributed by atoms with Crippen molar-refractivity contribution in [3.8, 4) is 0 Å². The smallest absolute Gasteiger partial charge is 0.329 e. The van der Waals surface area contributed by atoms with Crippen LogP contribution < -0.4 is 16.0 Å². The monoisotopic (exact) mass is 245 g/mol. The standard InChI is InChI=1S/C11H11N5O2/c12-7-2-1-4-15-6-8(13-10(7)15)16-5-3-9(17)14-11(16)18/h1-2,4,6H,3,5,12H2,(H,14,17,18). The minimum atomic E-state index is -0.451. The van der Waals surface area contributed by atoms with Gasteiger partial charge in [0.1, 0.15) is 0 Å². The van der Waals surface area contributed by atoms with Crippen LogP contribution in [-0.2, 0) is 4.79 Å². The lowest BCUT2D eigenvalue weighted by atomic mass is 10.3. The maximum atomic E-state index is 11.7. The number of fused-ring (bicyclic) bond motifs is 1. The van der Waals surface area contributed by atoms with Crippen molar-refractivity contribution in [1.29, 1.82) is 0 Å². The summed E-state index contributed by atoms with van der Waals surface area (Å²) in [5.41, 5.74) is 6.93. The summed E-state index contributed by atoms with van der Waals surface area (Å²) in [4.78, 5) is 28.5. The Morgan fingerprint density at radius 1 is 1.39 bits per heavy atom. The Bertz CT molecular complexity index is 648. The first-order valence-corrected chi connectivity index (χ1v) is 5.50. The number of carbonyl (C=O) groups excluding carboxylic acids is 2. The second-order valence-electron chi connectivity index (χ2n) is 4.05. The van der Waals surface area contributed by atoms with Crippen LogP contribution in [0.4, 0.5) is 16.3 Å². The summed E-state index contributed by atoms with van der Waals surface area (Å²) in [5.74, 6) is 0.220. The van der Waals surface area contributed by atoms with Crippen LogP contribution in [0.25, 0.3) is 5.65 Å². The second-order valence-corrected chi connectivity index (χ2v) is 4.05. The van der Waals surface area contributed by atoms with Gasteiger partial charge in [0.15, 0.2) is 11.5 Å². The van der Waals surface area contributed by atoms with Gasteiger partial charge in [-0.2, -0.15) is 0 Å². The number of rotatable bonds is 1. The molecule has 1 aliphatic rings. The quantitative estimate of drug-likeness (QED) is 0.758. The van der Waals surface area contributed by atoms with Crippen molar-refractivity contribution in [3.05, 3.63) is 24.5 Å². The molecule has 7 nitrogen and oxygen atoms in total. The first kappa shape index (κ1) is 10.6. The van der Waals surface area contributed by atoms with Crippen molar-refractivity contribution in [2.75, 3.05) is 17.2 Å². The highest BCUT2D eigenvalue weighted by atomic mass is 16.2. The van der Waals surface area contributed by atoms with Gasteiger partial charge in [-0.25, -0.2) is 9.78 Å². The van der Waals surface area contributed by atoms with Crippen molar-refractivity contribution in [2.45, 2.75) is 6.42 Å². The van der Waals surface area contributed by atoms with E-state index in [-0.39, 0.29) is 12.3 Å². The summed E-state index contributed by atoms with van der Waals surface area (Å²) in [6, 6.07) is 3.09. The highest BCUT2D eigenvalue weighted by molar-refractivity contribution is 6.05. The zero-order valence-corrected chi connectivity index (χ0v) is 9.46. The van der Waals surface area contributed by atoms with E-state index in [0.717, 1.165) is 0 Å². The molecule has 3 heterocycles. The van der Waals surface area contributed by atoms with Crippen LogP contribution in [0.1, 0.15) is 6.42 Å². The SMILES string of the molecule is Nc1cccn2cc(N3CCC(=O)NC3=O)nc12. The number of nitrogen functional groups attached to an aromatic ring is 1. The Balaban J connectivity index is 2.02. The molecule has 3 N–H and O–H groups in total. The Hall–Kier alpha value is -2.57. The van der Waals surface area contributed by atoms with Gasteiger partial charge >= 0.3 is 6.03 Å². The third-order valence-electron chi connectivity index (χ3n) is 2.83.